The third kappa shape index (κ3) is 4.51. The molecule has 0 spiro atoms. The van der Waals surface area contributed by atoms with Crippen molar-refractivity contribution < 1.29 is 29.1 Å². The van der Waals surface area contributed by atoms with Crippen LogP contribution in [0.1, 0.15) is 76.2 Å². The van der Waals surface area contributed by atoms with Crippen molar-refractivity contribution in [2.75, 3.05) is 7.11 Å². The Kier molecular flexibility index (Phi) is 6.90. The fourth-order valence-corrected chi connectivity index (χ4v) is 5.24. The fourth-order valence-electron chi connectivity index (χ4n) is 5.24. The van der Waals surface area contributed by atoms with E-state index in [1.807, 2.05) is 0 Å². The van der Waals surface area contributed by atoms with E-state index in [2.05, 4.69) is 5.32 Å². The van der Waals surface area contributed by atoms with Crippen LogP contribution in [0.3, 0.4) is 0 Å². The van der Waals surface area contributed by atoms with Gasteiger partial charge in [-0.2, -0.15) is 0 Å². The number of benzene rings is 1. The van der Waals surface area contributed by atoms with Crippen LogP contribution in [-0.4, -0.2) is 35.0 Å². The highest BCUT2D eigenvalue weighted by molar-refractivity contribution is 6.04. The van der Waals surface area contributed by atoms with Gasteiger partial charge in [0.25, 0.3) is 0 Å². The van der Waals surface area contributed by atoms with E-state index in [1.54, 1.807) is 6.92 Å². The van der Waals surface area contributed by atoms with Crippen molar-refractivity contribution in [2.24, 2.45) is 0 Å². The molecular weight excluding hydrogens is 440 g/mol. The molecule has 2 N–H and O–H groups in total. The molecule has 0 unspecified atom stereocenters. The van der Waals surface area contributed by atoms with Crippen LogP contribution < -0.4 is 10.1 Å². The quantitative estimate of drug-likeness (QED) is 0.278. The van der Waals surface area contributed by atoms with Gasteiger partial charge in [-0.3, -0.25) is 14.9 Å². The van der Waals surface area contributed by atoms with Crippen molar-refractivity contribution in [1.29, 1.82) is 0 Å². The zero-order chi connectivity index (χ0) is 24.4. The number of Topliss-reactive ketones (excluding diaryl/α,β-unsaturated/α-hetero) is 1. The second kappa shape index (κ2) is 9.87. The number of methoxy groups -OCH3 is 1. The second-order valence-corrected chi connectivity index (χ2v) is 9.13. The van der Waals surface area contributed by atoms with E-state index < -0.39 is 28.2 Å². The van der Waals surface area contributed by atoms with Gasteiger partial charge >= 0.3 is 11.7 Å². The topological polar surface area (TPSA) is 128 Å². The minimum atomic E-state index is -0.851. The number of ketones is 1. The van der Waals surface area contributed by atoms with E-state index in [0.29, 0.717) is 36.1 Å². The van der Waals surface area contributed by atoms with Crippen molar-refractivity contribution >= 4 is 17.4 Å². The Morgan fingerprint density at radius 1 is 1.15 bits per heavy atom. The fraction of sp³-hybridized carbons (Fsp3) is 0.520. The summed E-state index contributed by atoms with van der Waals surface area (Å²) < 4.78 is 11.1. The molecule has 2 aliphatic carbocycles. The molecule has 182 valence electrons. The minimum absolute atomic E-state index is 0.0951. The number of phenolic OH excluding ortho intramolecular Hbond substituents is 1. The molecule has 0 amide bonds. The molecule has 1 heterocycles. The summed E-state index contributed by atoms with van der Waals surface area (Å²) in [7, 11) is 1.30. The standard InChI is InChI=1S/C25H30N2O7/c1-14-21(25(30)34-16-8-5-3-4-6-9-16)22(23-17(26-14)10-7-11-19(23)28)15-12-18(27(31)32)24(29)20(13-15)33-2/h12-13,16,22,26,29H,3-11H2,1-2H3/t22-/m0/s1. The number of phenols is 1. The maximum Gasteiger partial charge on any atom is 0.337 e. The number of carbonyl (C=O) groups excluding carboxylic acids is 2. The van der Waals surface area contributed by atoms with Crippen molar-refractivity contribution in [3.63, 3.8) is 0 Å². The lowest BCUT2D eigenvalue weighted by molar-refractivity contribution is -0.386. The van der Waals surface area contributed by atoms with E-state index >= 15 is 0 Å². The molecule has 9 heteroatoms. The van der Waals surface area contributed by atoms with Crippen LogP contribution in [0.4, 0.5) is 5.69 Å². The molecule has 3 aliphatic rings. The van der Waals surface area contributed by atoms with Crippen LogP contribution in [-0.2, 0) is 14.3 Å². The average Bonchev–Trinajstić information content (AvgIpc) is 3.07. The van der Waals surface area contributed by atoms with Crippen molar-refractivity contribution in [3.8, 4) is 11.5 Å². The summed E-state index contributed by atoms with van der Waals surface area (Å²) in [6.45, 7) is 1.76. The molecule has 1 atom stereocenters. The molecule has 0 radical (unpaired) electrons. The van der Waals surface area contributed by atoms with Gasteiger partial charge < -0.3 is 19.9 Å². The molecule has 0 bridgehead atoms. The zero-order valence-corrected chi connectivity index (χ0v) is 19.5. The van der Waals surface area contributed by atoms with Crippen LogP contribution in [0.25, 0.3) is 0 Å². The van der Waals surface area contributed by atoms with Gasteiger partial charge in [0.05, 0.1) is 17.6 Å². The number of nitro groups is 1. The SMILES string of the molecule is COc1cc([C@H]2C(C(=O)OC3CCCCCC3)=C(C)NC3=C2C(=O)CCC3)cc([N+](=O)[O-])c1O. The molecule has 34 heavy (non-hydrogen) atoms. The summed E-state index contributed by atoms with van der Waals surface area (Å²) >= 11 is 0. The highest BCUT2D eigenvalue weighted by Crippen LogP contribution is 2.47. The Morgan fingerprint density at radius 2 is 1.85 bits per heavy atom. The molecule has 4 rings (SSSR count). The van der Waals surface area contributed by atoms with E-state index in [-0.39, 0.29) is 23.2 Å². The highest BCUT2D eigenvalue weighted by Gasteiger charge is 2.41. The first-order valence-electron chi connectivity index (χ1n) is 11.8. The number of rotatable bonds is 5. The number of aromatic hydroxyl groups is 1. The summed E-state index contributed by atoms with van der Waals surface area (Å²) in [6.07, 6.45) is 7.25. The van der Waals surface area contributed by atoms with Gasteiger partial charge in [0.1, 0.15) is 6.10 Å². The predicted octanol–water partition coefficient (Wildman–Crippen LogP) is 4.54. The number of dihydropyridines is 1. The van der Waals surface area contributed by atoms with Crippen molar-refractivity contribution in [2.45, 2.75) is 76.7 Å². The highest BCUT2D eigenvalue weighted by atomic mass is 16.6. The molecular formula is C25H30N2O7. The summed E-state index contributed by atoms with van der Waals surface area (Å²) in [5, 5.41) is 25.1. The predicted molar refractivity (Wildman–Crippen MR) is 123 cm³/mol. The number of carbonyl (C=O) groups is 2. The van der Waals surface area contributed by atoms with Gasteiger partial charge in [-0.1, -0.05) is 12.8 Å². The zero-order valence-electron chi connectivity index (χ0n) is 19.5. The third-order valence-electron chi connectivity index (χ3n) is 6.90. The third-order valence-corrected chi connectivity index (χ3v) is 6.90. The molecule has 9 nitrogen and oxygen atoms in total. The number of nitrogens with one attached hydrogen (secondary N) is 1. The number of ether oxygens (including phenoxy) is 2. The average molecular weight is 471 g/mol. The van der Waals surface area contributed by atoms with Gasteiger partial charge in [-0.15, -0.1) is 0 Å². The number of hydrogen-bond donors (Lipinski definition) is 2. The first-order chi connectivity index (χ1) is 16.3. The first-order valence-corrected chi connectivity index (χ1v) is 11.8. The maximum absolute atomic E-state index is 13.5. The molecule has 1 aliphatic heterocycles. The smallest absolute Gasteiger partial charge is 0.337 e. The lowest BCUT2D eigenvalue weighted by Crippen LogP contribution is -2.35. The largest absolute Gasteiger partial charge is 0.500 e. The summed E-state index contributed by atoms with van der Waals surface area (Å²) in [4.78, 5) is 37.5. The summed E-state index contributed by atoms with van der Waals surface area (Å²) in [5.41, 5.74) is 1.75. The maximum atomic E-state index is 13.5. The van der Waals surface area contributed by atoms with Crippen LogP contribution >= 0.6 is 0 Å². The van der Waals surface area contributed by atoms with Crippen LogP contribution in [0, 0.1) is 10.1 Å². The van der Waals surface area contributed by atoms with E-state index in [4.69, 9.17) is 9.47 Å². The summed E-state index contributed by atoms with van der Waals surface area (Å²) in [6, 6.07) is 2.67. The Bertz CT molecular complexity index is 1080. The van der Waals surface area contributed by atoms with Crippen LogP contribution in [0.2, 0.25) is 0 Å². The van der Waals surface area contributed by atoms with Gasteiger partial charge in [-0.25, -0.2) is 4.79 Å². The normalized spacial score (nSPS) is 21.5. The van der Waals surface area contributed by atoms with Gasteiger partial charge in [0.2, 0.25) is 5.75 Å². The second-order valence-electron chi connectivity index (χ2n) is 9.13. The molecule has 0 aromatic heterocycles. The Morgan fingerprint density at radius 3 is 2.50 bits per heavy atom. The lowest BCUT2D eigenvalue weighted by Gasteiger charge is -2.34. The minimum Gasteiger partial charge on any atom is -0.500 e. The Balaban J connectivity index is 1.82. The molecule has 1 aromatic carbocycles. The van der Waals surface area contributed by atoms with Gasteiger partial charge in [-0.05, 0) is 57.1 Å². The van der Waals surface area contributed by atoms with Gasteiger partial charge in [0, 0.05) is 35.4 Å². The van der Waals surface area contributed by atoms with Gasteiger partial charge in [0.15, 0.2) is 11.5 Å². The summed E-state index contributed by atoms with van der Waals surface area (Å²) in [5.74, 6) is -2.18. The Hall–Kier alpha value is -3.36. The number of allylic oxidation sites excluding steroid dienone is 3. The molecule has 1 aromatic rings. The van der Waals surface area contributed by atoms with Crippen molar-refractivity contribution in [1.82, 2.24) is 5.32 Å². The number of hydrogen-bond acceptors (Lipinski definition) is 8. The van der Waals surface area contributed by atoms with Crippen molar-refractivity contribution in [3.05, 3.63) is 50.4 Å². The number of nitro benzene ring substituents is 1. The number of nitrogens with zero attached hydrogens (tertiary/aromatic N) is 1. The van der Waals surface area contributed by atoms with E-state index in [9.17, 15) is 24.8 Å². The first kappa shape index (κ1) is 23.8. The number of esters is 1. The molecule has 0 saturated heterocycles. The van der Waals surface area contributed by atoms with E-state index in [0.717, 1.165) is 44.2 Å². The van der Waals surface area contributed by atoms with Crippen LogP contribution in [0.15, 0.2) is 34.7 Å². The Labute approximate surface area is 198 Å². The lowest BCUT2D eigenvalue weighted by atomic mass is 9.75. The van der Waals surface area contributed by atoms with E-state index in [1.165, 1.54) is 19.2 Å². The monoisotopic (exact) mass is 470 g/mol. The molecule has 1 fully saturated rings. The molecule has 1 saturated carbocycles. The van der Waals surface area contributed by atoms with Crippen LogP contribution in [0.5, 0.6) is 11.5 Å².